The molecule has 0 heterocycles. The first-order chi connectivity index (χ1) is 16.2. The average Bonchev–Trinajstić information content (AvgIpc) is 2.85. The predicted octanol–water partition coefficient (Wildman–Crippen LogP) is 8.57. The number of benzene rings is 3. The van der Waals surface area contributed by atoms with Crippen LogP contribution in [0.5, 0.6) is 5.75 Å². The van der Waals surface area contributed by atoms with Crippen LogP contribution in [0, 0.1) is 11.7 Å². The fourth-order valence-electron chi connectivity index (χ4n) is 4.98. The lowest BCUT2D eigenvalue weighted by Crippen LogP contribution is -2.11. The van der Waals surface area contributed by atoms with Crippen LogP contribution in [0.1, 0.15) is 62.1 Å². The van der Waals surface area contributed by atoms with E-state index in [0.717, 1.165) is 24.1 Å². The summed E-state index contributed by atoms with van der Waals surface area (Å²) in [5.74, 6) is 1.52. The highest BCUT2D eigenvalue weighted by molar-refractivity contribution is 5.85. The van der Waals surface area contributed by atoms with Gasteiger partial charge >= 0.3 is 0 Å². The van der Waals surface area contributed by atoms with Crippen LogP contribution in [0.2, 0.25) is 0 Å². The predicted molar refractivity (Wildman–Crippen MR) is 138 cm³/mol. The summed E-state index contributed by atoms with van der Waals surface area (Å²) in [5.41, 5.74) is 4.09. The lowest BCUT2D eigenvalue weighted by atomic mass is 9.78. The number of allylic oxidation sites excluding steroid dienone is 3. The smallest absolute Gasteiger partial charge is 0.172 e. The summed E-state index contributed by atoms with van der Waals surface area (Å²) in [6.45, 7) is 4.43. The maximum atomic E-state index is 14.8. The van der Waals surface area contributed by atoms with Gasteiger partial charge in [-0.2, -0.15) is 0 Å². The molecule has 33 heavy (non-hydrogen) atoms. The Kier molecular flexibility index (Phi) is 7.99. The fraction of sp³-hybridized carbons (Fsp3) is 0.355. The molecule has 172 valence electrons. The molecule has 4 rings (SSSR count). The number of halogens is 1. The van der Waals surface area contributed by atoms with E-state index in [9.17, 15) is 4.39 Å². The number of fused-ring (bicyclic) bond motifs is 1. The van der Waals surface area contributed by atoms with E-state index in [1.54, 1.807) is 6.07 Å². The van der Waals surface area contributed by atoms with Crippen molar-refractivity contribution in [1.29, 1.82) is 0 Å². The number of rotatable bonds is 8. The summed E-state index contributed by atoms with van der Waals surface area (Å²) >= 11 is 0. The first-order valence-corrected chi connectivity index (χ1v) is 12.3. The summed E-state index contributed by atoms with van der Waals surface area (Å²) in [6, 6.07) is 19.0. The van der Waals surface area contributed by atoms with Gasteiger partial charge in [0.05, 0.1) is 0 Å². The third-order valence-electron chi connectivity index (χ3n) is 6.94. The Bertz CT molecular complexity index is 1100. The van der Waals surface area contributed by atoms with Crippen LogP contribution in [0.3, 0.4) is 0 Å². The zero-order chi connectivity index (χ0) is 23.0. The Morgan fingerprint density at radius 3 is 2.30 bits per heavy atom. The molecule has 2 heteroatoms. The molecule has 0 aliphatic heterocycles. The molecular formula is C31H35FO. The highest BCUT2D eigenvalue weighted by atomic mass is 19.1. The van der Waals surface area contributed by atoms with Crippen molar-refractivity contribution < 1.29 is 9.13 Å². The van der Waals surface area contributed by atoms with Crippen molar-refractivity contribution in [3.05, 3.63) is 101 Å². The van der Waals surface area contributed by atoms with Gasteiger partial charge in [-0.25, -0.2) is 4.39 Å². The second kappa shape index (κ2) is 11.3. The molecule has 0 amide bonds. The van der Waals surface area contributed by atoms with Crippen molar-refractivity contribution in [2.45, 2.75) is 58.3 Å². The molecule has 0 radical (unpaired) electrons. The van der Waals surface area contributed by atoms with Crippen molar-refractivity contribution in [2.75, 3.05) is 6.61 Å². The average molecular weight is 443 g/mol. The van der Waals surface area contributed by atoms with Gasteiger partial charge in [0, 0.05) is 5.39 Å². The lowest BCUT2D eigenvalue weighted by molar-refractivity contribution is 0.343. The van der Waals surface area contributed by atoms with Gasteiger partial charge < -0.3 is 4.74 Å². The van der Waals surface area contributed by atoms with E-state index >= 15 is 0 Å². The van der Waals surface area contributed by atoms with Crippen LogP contribution in [0.4, 0.5) is 4.39 Å². The number of hydrogen-bond donors (Lipinski definition) is 0. The van der Waals surface area contributed by atoms with Gasteiger partial charge in [0.2, 0.25) is 0 Å². The van der Waals surface area contributed by atoms with Gasteiger partial charge in [-0.05, 0) is 92.4 Å². The molecule has 1 aliphatic rings. The molecular weight excluding hydrogens is 407 g/mol. The van der Waals surface area contributed by atoms with E-state index in [2.05, 4.69) is 49.4 Å². The minimum Gasteiger partial charge on any atom is -0.486 e. The largest absolute Gasteiger partial charge is 0.486 e. The maximum Gasteiger partial charge on any atom is 0.172 e. The summed E-state index contributed by atoms with van der Waals surface area (Å²) in [7, 11) is 0. The quantitative estimate of drug-likeness (QED) is 0.317. The van der Waals surface area contributed by atoms with Crippen molar-refractivity contribution in [2.24, 2.45) is 5.92 Å². The molecule has 0 atom stereocenters. The highest BCUT2D eigenvalue weighted by Gasteiger charge is 2.20. The molecule has 3 aromatic carbocycles. The molecule has 0 N–H and O–H groups in total. The number of ether oxygens (including phenoxy) is 1. The molecule has 3 aromatic rings. The molecule has 1 nitrogen and oxygen atoms in total. The topological polar surface area (TPSA) is 9.23 Å². The zero-order valence-electron chi connectivity index (χ0n) is 19.9. The minimum absolute atomic E-state index is 0.279. The van der Waals surface area contributed by atoms with E-state index in [1.807, 2.05) is 37.3 Å². The van der Waals surface area contributed by atoms with E-state index in [-0.39, 0.29) is 5.82 Å². The Labute approximate surface area is 198 Å². The molecule has 0 spiro atoms. The molecule has 0 unspecified atom stereocenters. The third-order valence-corrected chi connectivity index (χ3v) is 6.94. The summed E-state index contributed by atoms with van der Waals surface area (Å²) in [4.78, 5) is 0. The van der Waals surface area contributed by atoms with Gasteiger partial charge in [-0.15, -0.1) is 0 Å². The molecule has 0 aromatic heterocycles. The summed E-state index contributed by atoms with van der Waals surface area (Å²) < 4.78 is 20.3. The van der Waals surface area contributed by atoms with Crippen LogP contribution in [0.15, 0.2) is 78.9 Å². The molecule has 0 saturated heterocycles. The highest BCUT2D eigenvalue weighted by Crippen LogP contribution is 2.36. The van der Waals surface area contributed by atoms with Gasteiger partial charge in [0.15, 0.2) is 11.6 Å². The van der Waals surface area contributed by atoms with Crippen LogP contribution in [-0.2, 0) is 12.8 Å². The molecule has 1 fully saturated rings. The molecule has 1 aliphatic carbocycles. The van der Waals surface area contributed by atoms with Crippen LogP contribution in [0.25, 0.3) is 10.8 Å². The Balaban J connectivity index is 1.35. The van der Waals surface area contributed by atoms with Crippen molar-refractivity contribution >= 4 is 10.8 Å². The Morgan fingerprint density at radius 1 is 0.848 bits per heavy atom. The van der Waals surface area contributed by atoms with E-state index in [4.69, 9.17) is 4.74 Å². The van der Waals surface area contributed by atoms with Gasteiger partial charge in [0.1, 0.15) is 6.61 Å². The van der Waals surface area contributed by atoms with Gasteiger partial charge in [-0.1, -0.05) is 72.8 Å². The SMILES string of the molecule is CC=CCOc1ccc2cc(CCc3ccc(C4CCC(/C=C/C)CC4)cc3)ccc2c1F. The van der Waals surface area contributed by atoms with E-state index < -0.39 is 0 Å². The second-order valence-corrected chi connectivity index (χ2v) is 9.19. The summed E-state index contributed by atoms with van der Waals surface area (Å²) in [5, 5.41) is 1.54. The fourth-order valence-corrected chi connectivity index (χ4v) is 4.98. The molecule has 1 saturated carbocycles. The van der Waals surface area contributed by atoms with Crippen molar-refractivity contribution in [3.63, 3.8) is 0 Å². The van der Waals surface area contributed by atoms with Crippen LogP contribution in [-0.4, -0.2) is 6.61 Å². The first-order valence-electron chi connectivity index (χ1n) is 12.3. The number of aryl methyl sites for hydroxylation is 2. The van der Waals surface area contributed by atoms with E-state index in [1.165, 1.54) is 42.4 Å². The first kappa shape index (κ1) is 23.3. The van der Waals surface area contributed by atoms with Crippen LogP contribution < -0.4 is 4.74 Å². The van der Waals surface area contributed by atoms with Crippen molar-refractivity contribution in [1.82, 2.24) is 0 Å². The monoisotopic (exact) mass is 442 g/mol. The maximum absolute atomic E-state index is 14.8. The van der Waals surface area contributed by atoms with Crippen LogP contribution >= 0.6 is 0 Å². The standard InChI is InChI=1S/C31H35FO/c1-3-5-21-33-30-20-18-28-22-25(13-19-29(28)31(30)32)8-7-24-11-16-27(17-12-24)26-14-9-23(6-4-2)10-15-26/h3-6,11-13,16-20,22-23,26H,7-10,14-15,21H2,1-2H3/b5-3?,6-4+. The Hall–Kier alpha value is -2.87. The third kappa shape index (κ3) is 5.93. The molecule has 0 bridgehead atoms. The van der Waals surface area contributed by atoms with Crippen molar-refractivity contribution in [3.8, 4) is 5.75 Å². The number of hydrogen-bond acceptors (Lipinski definition) is 1. The second-order valence-electron chi connectivity index (χ2n) is 9.19. The van der Waals surface area contributed by atoms with Gasteiger partial charge in [-0.3, -0.25) is 0 Å². The van der Waals surface area contributed by atoms with Gasteiger partial charge in [0.25, 0.3) is 0 Å². The minimum atomic E-state index is -0.279. The summed E-state index contributed by atoms with van der Waals surface area (Å²) in [6.07, 6.45) is 15.5. The lowest BCUT2D eigenvalue weighted by Gasteiger charge is -2.27. The normalized spacial score (nSPS) is 19.0. The zero-order valence-corrected chi connectivity index (χ0v) is 19.9. The van der Waals surface area contributed by atoms with E-state index in [0.29, 0.717) is 23.7 Å². The Morgan fingerprint density at radius 2 is 1.58 bits per heavy atom.